The molecule has 6 heteroatoms. The van der Waals surface area contributed by atoms with Crippen molar-refractivity contribution < 1.29 is 24.5 Å². The van der Waals surface area contributed by atoms with Gasteiger partial charge in [-0.05, 0) is 57.8 Å². The topological polar surface area (TPSA) is 95.9 Å². The molecule has 0 aromatic heterocycles. The molecule has 0 saturated heterocycles. The van der Waals surface area contributed by atoms with Gasteiger partial charge in [-0.25, -0.2) is 0 Å². The molecule has 0 aromatic rings. The number of allylic oxidation sites excluding steroid dienone is 3. The van der Waals surface area contributed by atoms with Crippen molar-refractivity contribution in [1.29, 1.82) is 0 Å². The summed E-state index contributed by atoms with van der Waals surface area (Å²) in [6.45, 7) is 4.94. The van der Waals surface area contributed by atoms with Crippen LogP contribution in [0.25, 0.3) is 0 Å². The van der Waals surface area contributed by atoms with Crippen LogP contribution in [0.3, 0.4) is 0 Å². The Bertz CT molecular complexity index is 1220. The van der Waals surface area contributed by atoms with Gasteiger partial charge in [0, 0.05) is 12.8 Å². The van der Waals surface area contributed by atoms with E-state index in [1.165, 1.54) is 327 Å². The SMILES string of the molecule is CCCCCCCC/C=C\CCCCCCCCCC(=O)OCCCCCCCCCCCCCCCCCCCCCCCCCCCCCC(=O)NC(CO)C(O)/C=C/CCCCCCCCCCCCCCCCC. The molecule has 2 atom stereocenters. The Morgan fingerprint density at radius 3 is 0.910 bits per heavy atom. The number of amides is 1. The predicted molar refractivity (Wildman–Crippen MR) is 343 cm³/mol. The molecule has 0 aromatic carbocycles. The first-order valence-electron chi connectivity index (χ1n) is 35.6. The molecule has 0 spiro atoms. The number of unbranched alkanes of at least 4 members (excludes halogenated alkanes) is 54. The van der Waals surface area contributed by atoms with Crippen molar-refractivity contribution >= 4 is 11.9 Å². The molecule has 0 aliphatic rings. The molecule has 462 valence electrons. The van der Waals surface area contributed by atoms with E-state index in [0.717, 1.165) is 44.9 Å². The average molecular weight is 1100 g/mol. The zero-order chi connectivity index (χ0) is 56.4. The highest BCUT2D eigenvalue weighted by molar-refractivity contribution is 5.76. The van der Waals surface area contributed by atoms with Gasteiger partial charge in [-0.15, -0.1) is 0 Å². The van der Waals surface area contributed by atoms with Crippen molar-refractivity contribution in [2.24, 2.45) is 0 Å². The van der Waals surface area contributed by atoms with Gasteiger partial charge < -0.3 is 20.3 Å². The Morgan fingerprint density at radius 2 is 0.603 bits per heavy atom. The standard InChI is InChI=1S/C72H139NO5/c1-3-5-7-9-11-13-15-17-19-32-36-40-44-48-52-56-60-64-70(75)69(68-74)73-71(76)65-61-57-53-49-45-41-37-34-30-28-26-24-22-21-23-25-27-29-31-35-39-43-47-51-55-59-63-67-78-72(77)66-62-58-54-50-46-42-38-33-20-18-16-14-12-10-8-6-4-2/h18,20,60,64,69-70,74-75H,3-17,19,21-59,61-63,65-68H2,1-2H3,(H,73,76)/b20-18-,64-60+. The second-order valence-corrected chi connectivity index (χ2v) is 24.6. The van der Waals surface area contributed by atoms with Crippen molar-refractivity contribution in [3.63, 3.8) is 0 Å². The maximum absolute atomic E-state index is 12.5. The lowest BCUT2D eigenvalue weighted by atomic mass is 10.0. The Kier molecular flexibility index (Phi) is 66.4. The van der Waals surface area contributed by atoms with Crippen LogP contribution < -0.4 is 5.32 Å². The number of aliphatic hydroxyl groups is 2. The average Bonchev–Trinajstić information content (AvgIpc) is 3.44. The number of hydrogen-bond acceptors (Lipinski definition) is 5. The summed E-state index contributed by atoms with van der Waals surface area (Å²) >= 11 is 0. The third-order valence-corrected chi connectivity index (χ3v) is 16.7. The van der Waals surface area contributed by atoms with Gasteiger partial charge in [0.2, 0.25) is 5.91 Å². The minimum Gasteiger partial charge on any atom is -0.466 e. The number of aliphatic hydroxyl groups excluding tert-OH is 2. The summed E-state index contributed by atoms with van der Waals surface area (Å²) < 4.78 is 5.50. The maximum atomic E-state index is 12.5. The number of esters is 1. The van der Waals surface area contributed by atoms with Crippen molar-refractivity contribution in [2.45, 2.75) is 411 Å². The van der Waals surface area contributed by atoms with Crippen molar-refractivity contribution in [2.75, 3.05) is 13.2 Å². The van der Waals surface area contributed by atoms with Gasteiger partial charge in [-0.3, -0.25) is 9.59 Å². The number of hydrogen-bond donors (Lipinski definition) is 3. The molecule has 0 aliphatic carbocycles. The molecule has 0 radical (unpaired) electrons. The van der Waals surface area contributed by atoms with Crippen LogP contribution in [0.1, 0.15) is 399 Å². The Morgan fingerprint density at radius 1 is 0.346 bits per heavy atom. The van der Waals surface area contributed by atoms with Crippen LogP contribution in [-0.4, -0.2) is 47.4 Å². The largest absolute Gasteiger partial charge is 0.466 e. The fraction of sp³-hybridized carbons (Fsp3) is 0.917. The Balaban J connectivity index is 3.36. The summed E-state index contributed by atoms with van der Waals surface area (Å²) in [5.74, 6) is -0.0470. The molecule has 0 aliphatic heterocycles. The maximum Gasteiger partial charge on any atom is 0.305 e. The van der Waals surface area contributed by atoms with Crippen LogP contribution in [0.2, 0.25) is 0 Å². The fourth-order valence-electron chi connectivity index (χ4n) is 11.3. The van der Waals surface area contributed by atoms with Crippen LogP contribution in [-0.2, 0) is 14.3 Å². The highest BCUT2D eigenvalue weighted by Gasteiger charge is 2.18. The van der Waals surface area contributed by atoms with E-state index in [0.29, 0.717) is 19.4 Å². The number of carbonyl (C=O) groups is 2. The van der Waals surface area contributed by atoms with E-state index >= 15 is 0 Å². The third kappa shape index (κ3) is 63.5. The van der Waals surface area contributed by atoms with Crippen LogP contribution >= 0.6 is 0 Å². The van der Waals surface area contributed by atoms with E-state index in [1.54, 1.807) is 6.08 Å². The molecule has 1 amide bonds. The zero-order valence-corrected chi connectivity index (χ0v) is 52.9. The molecule has 0 heterocycles. The van der Waals surface area contributed by atoms with Gasteiger partial charge >= 0.3 is 5.97 Å². The molecule has 6 nitrogen and oxygen atoms in total. The minimum atomic E-state index is -0.843. The summed E-state index contributed by atoms with van der Waals surface area (Å²) in [5, 5.41) is 23.2. The van der Waals surface area contributed by atoms with E-state index in [9.17, 15) is 19.8 Å². The van der Waals surface area contributed by atoms with E-state index in [-0.39, 0.29) is 18.5 Å². The van der Waals surface area contributed by atoms with Crippen LogP contribution in [0, 0.1) is 0 Å². The minimum absolute atomic E-state index is 0.0151. The summed E-state index contributed by atoms with van der Waals surface area (Å²) in [7, 11) is 0. The second-order valence-electron chi connectivity index (χ2n) is 24.6. The highest BCUT2D eigenvalue weighted by atomic mass is 16.5. The van der Waals surface area contributed by atoms with E-state index in [4.69, 9.17) is 4.74 Å². The number of ether oxygens (including phenoxy) is 1. The molecular formula is C72H139NO5. The van der Waals surface area contributed by atoms with E-state index < -0.39 is 12.1 Å². The quantitative estimate of drug-likeness (QED) is 0.0320. The van der Waals surface area contributed by atoms with Crippen LogP contribution in [0.4, 0.5) is 0 Å². The van der Waals surface area contributed by atoms with Gasteiger partial charge in [0.15, 0.2) is 0 Å². The summed E-state index contributed by atoms with van der Waals surface area (Å²) in [6.07, 6.45) is 85.4. The molecule has 0 bridgehead atoms. The third-order valence-electron chi connectivity index (χ3n) is 16.7. The predicted octanol–water partition coefficient (Wildman–Crippen LogP) is 22.9. The Labute approximate surface area is 488 Å². The highest BCUT2D eigenvalue weighted by Crippen LogP contribution is 2.19. The Hall–Kier alpha value is -1.66. The molecule has 0 fully saturated rings. The lowest BCUT2D eigenvalue weighted by Crippen LogP contribution is -2.45. The number of rotatable bonds is 67. The fourth-order valence-corrected chi connectivity index (χ4v) is 11.3. The first kappa shape index (κ1) is 76.3. The lowest BCUT2D eigenvalue weighted by molar-refractivity contribution is -0.143. The zero-order valence-electron chi connectivity index (χ0n) is 52.9. The van der Waals surface area contributed by atoms with Crippen molar-refractivity contribution in [1.82, 2.24) is 5.32 Å². The first-order chi connectivity index (χ1) is 38.5. The van der Waals surface area contributed by atoms with Gasteiger partial charge in [0.05, 0.1) is 25.4 Å². The molecule has 2 unspecified atom stereocenters. The number of carbonyl (C=O) groups excluding carboxylic acids is 2. The van der Waals surface area contributed by atoms with E-state index in [1.807, 2.05) is 6.08 Å². The van der Waals surface area contributed by atoms with Crippen molar-refractivity contribution in [3.8, 4) is 0 Å². The molecule has 0 rings (SSSR count). The second kappa shape index (κ2) is 67.8. The van der Waals surface area contributed by atoms with Gasteiger partial charge in [0.1, 0.15) is 0 Å². The summed E-state index contributed by atoms with van der Waals surface area (Å²) in [6, 6.07) is -0.626. The number of nitrogens with one attached hydrogen (secondary N) is 1. The molecule has 78 heavy (non-hydrogen) atoms. The monoisotopic (exact) mass is 1100 g/mol. The van der Waals surface area contributed by atoms with Crippen molar-refractivity contribution in [3.05, 3.63) is 24.3 Å². The molecular weight excluding hydrogens is 959 g/mol. The van der Waals surface area contributed by atoms with Gasteiger partial charge in [-0.2, -0.15) is 0 Å². The van der Waals surface area contributed by atoms with Crippen LogP contribution in [0.15, 0.2) is 24.3 Å². The van der Waals surface area contributed by atoms with Gasteiger partial charge in [-0.1, -0.05) is 353 Å². The summed E-state index contributed by atoms with van der Waals surface area (Å²) in [5.41, 5.74) is 0. The van der Waals surface area contributed by atoms with Crippen LogP contribution in [0.5, 0.6) is 0 Å². The van der Waals surface area contributed by atoms with E-state index in [2.05, 4.69) is 31.3 Å². The van der Waals surface area contributed by atoms with Gasteiger partial charge in [0.25, 0.3) is 0 Å². The lowest BCUT2D eigenvalue weighted by Gasteiger charge is -2.20. The smallest absolute Gasteiger partial charge is 0.305 e. The molecule has 3 N–H and O–H groups in total. The summed E-state index contributed by atoms with van der Waals surface area (Å²) in [4.78, 5) is 24.6. The molecule has 0 saturated carbocycles. The first-order valence-corrected chi connectivity index (χ1v) is 35.6. The normalized spacial score (nSPS) is 12.6.